The molecule has 1 amide bonds. The highest BCUT2D eigenvalue weighted by Gasteiger charge is 2.31. The fourth-order valence-electron chi connectivity index (χ4n) is 3.29. The molecule has 0 aliphatic carbocycles. The van der Waals surface area contributed by atoms with Crippen molar-refractivity contribution < 1.29 is 18.0 Å². The number of carbonyl (C=O) groups excluding carboxylic acids is 1. The van der Waals surface area contributed by atoms with Crippen molar-refractivity contribution in [2.24, 2.45) is 0 Å². The van der Waals surface area contributed by atoms with Crippen molar-refractivity contribution in [2.45, 2.75) is 13.1 Å². The Labute approximate surface area is 164 Å². The van der Waals surface area contributed by atoms with Crippen molar-refractivity contribution >= 4 is 32.6 Å². The second kappa shape index (κ2) is 7.09. The van der Waals surface area contributed by atoms with Gasteiger partial charge in [-0.2, -0.15) is 13.2 Å². The second-order valence-electron chi connectivity index (χ2n) is 6.77. The van der Waals surface area contributed by atoms with Gasteiger partial charge in [-0.1, -0.05) is 23.5 Å². The van der Waals surface area contributed by atoms with Crippen molar-refractivity contribution in [1.82, 2.24) is 9.88 Å². The zero-order valence-corrected chi connectivity index (χ0v) is 16.0. The Balaban J connectivity index is 1.43. The second-order valence-corrected chi connectivity index (χ2v) is 7.78. The summed E-state index contributed by atoms with van der Waals surface area (Å²) in [5.41, 5.74) is 1.67. The molecule has 2 aromatic carbocycles. The minimum atomic E-state index is -4.40. The maximum absolute atomic E-state index is 12.7. The average molecular weight is 405 g/mol. The molecular weight excluding hydrogens is 387 g/mol. The highest BCUT2D eigenvalue weighted by Crippen LogP contribution is 2.31. The quantitative estimate of drug-likeness (QED) is 0.626. The number of nitrogens with zero attached hydrogens (tertiary/aromatic N) is 3. The summed E-state index contributed by atoms with van der Waals surface area (Å²) in [6, 6.07) is 10.5. The largest absolute Gasteiger partial charge is 0.416 e. The van der Waals surface area contributed by atoms with E-state index in [4.69, 9.17) is 4.98 Å². The fourth-order valence-corrected chi connectivity index (χ4v) is 4.39. The fraction of sp³-hybridized carbons (Fsp3) is 0.300. The first kappa shape index (κ1) is 18.7. The third kappa shape index (κ3) is 3.56. The van der Waals surface area contributed by atoms with Crippen molar-refractivity contribution in [2.75, 3.05) is 31.1 Å². The first-order valence-corrected chi connectivity index (χ1v) is 9.72. The zero-order chi connectivity index (χ0) is 19.9. The predicted molar refractivity (Wildman–Crippen MR) is 104 cm³/mol. The first-order valence-electron chi connectivity index (χ1n) is 8.90. The van der Waals surface area contributed by atoms with Crippen LogP contribution in [0.1, 0.15) is 21.5 Å². The molecule has 0 N–H and O–H groups in total. The summed E-state index contributed by atoms with van der Waals surface area (Å²) < 4.78 is 39.2. The molecule has 1 aliphatic heterocycles. The Morgan fingerprint density at radius 3 is 2.32 bits per heavy atom. The number of anilines is 1. The topological polar surface area (TPSA) is 36.4 Å². The Hall–Kier alpha value is -2.61. The van der Waals surface area contributed by atoms with Crippen molar-refractivity contribution in [3.63, 3.8) is 0 Å². The Bertz CT molecular complexity index is 1010. The standard InChI is InChI=1S/C20H18F3N3OS/c1-13-3-2-4-16-17(13)24-19(28-16)26-11-9-25(10-12-26)18(27)14-5-7-15(8-6-14)20(21,22)23/h2-8H,9-12H2,1H3. The van der Waals surface area contributed by atoms with Gasteiger partial charge in [0.2, 0.25) is 0 Å². The van der Waals surface area contributed by atoms with Crippen molar-refractivity contribution in [3.05, 3.63) is 59.2 Å². The van der Waals surface area contributed by atoms with Gasteiger partial charge in [-0.3, -0.25) is 4.79 Å². The summed E-state index contributed by atoms with van der Waals surface area (Å²) in [5.74, 6) is -0.242. The third-order valence-corrected chi connectivity index (χ3v) is 5.99. The van der Waals surface area contributed by atoms with E-state index in [1.165, 1.54) is 12.1 Å². The number of carbonyl (C=O) groups is 1. The Morgan fingerprint density at radius 2 is 1.71 bits per heavy atom. The smallest absolute Gasteiger partial charge is 0.345 e. The molecule has 1 aromatic heterocycles. The van der Waals surface area contributed by atoms with E-state index in [2.05, 4.69) is 4.90 Å². The molecular formula is C20H18F3N3OS. The van der Waals surface area contributed by atoms with Gasteiger partial charge in [-0.15, -0.1) is 0 Å². The number of alkyl halides is 3. The van der Waals surface area contributed by atoms with Gasteiger partial charge < -0.3 is 9.80 Å². The summed E-state index contributed by atoms with van der Waals surface area (Å²) >= 11 is 1.63. The third-order valence-electron chi connectivity index (χ3n) is 4.91. The number of rotatable bonds is 2. The minimum Gasteiger partial charge on any atom is -0.345 e. The molecule has 0 atom stereocenters. The number of hydrogen-bond acceptors (Lipinski definition) is 4. The summed E-state index contributed by atoms with van der Waals surface area (Å²) in [6.45, 7) is 4.34. The van der Waals surface area contributed by atoms with Gasteiger partial charge in [-0.05, 0) is 42.8 Å². The van der Waals surface area contributed by atoms with Crippen LogP contribution >= 0.6 is 11.3 Å². The number of benzene rings is 2. The van der Waals surface area contributed by atoms with Crippen molar-refractivity contribution in [3.8, 4) is 0 Å². The van der Waals surface area contributed by atoms with Crippen molar-refractivity contribution in [1.29, 1.82) is 0 Å². The number of halogens is 3. The molecule has 0 bridgehead atoms. The maximum atomic E-state index is 12.7. The molecule has 4 nitrogen and oxygen atoms in total. The normalized spacial score (nSPS) is 15.3. The maximum Gasteiger partial charge on any atom is 0.416 e. The van der Waals surface area contributed by atoms with Crippen LogP contribution in [0.5, 0.6) is 0 Å². The SMILES string of the molecule is Cc1cccc2sc(N3CCN(C(=O)c4ccc(C(F)(F)F)cc4)CC3)nc12. The van der Waals surface area contributed by atoms with E-state index in [1.54, 1.807) is 16.2 Å². The monoisotopic (exact) mass is 405 g/mol. The molecule has 0 spiro atoms. The zero-order valence-electron chi connectivity index (χ0n) is 15.2. The van der Waals surface area contributed by atoms with E-state index in [0.29, 0.717) is 26.2 Å². The highest BCUT2D eigenvalue weighted by atomic mass is 32.1. The van der Waals surface area contributed by atoms with Gasteiger partial charge in [-0.25, -0.2) is 4.98 Å². The number of piperazine rings is 1. The van der Waals surface area contributed by atoms with E-state index in [1.807, 2.05) is 25.1 Å². The van der Waals surface area contributed by atoms with Gasteiger partial charge in [0.1, 0.15) is 0 Å². The summed E-state index contributed by atoms with van der Waals surface area (Å²) in [5, 5.41) is 0.936. The first-order chi connectivity index (χ1) is 13.3. The number of hydrogen-bond donors (Lipinski definition) is 0. The number of para-hydroxylation sites is 1. The van der Waals surface area contributed by atoms with E-state index in [0.717, 1.165) is 33.0 Å². The van der Waals surface area contributed by atoms with Crippen LogP contribution in [0.3, 0.4) is 0 Å². The van der Waals surface area contributed by atoms with Gasteiger partial charge in [0, 0.05) is 31.7 Å². The molecule has 146 valence electrons. The van der Waals surface area contributed by atoms with Crippen LogP contribution in [-0.2, 0) is 6.18 Å². The predicted octanol–water partition coefficient (Wildman–Crippen LogP) is 4.59. The number of thiazole rings is 1. The average Bonchev–Trinajstić information content (AvgIpc) is 3.13. The number of fused-ring (bicyclic) bond motifs is 1. The molecule has 0 radical (unpaired) electrons. The lowest BCUT2D eigenvalue weighted by atomic mass is 10.1. The van der Waals surface area contributed by atoms with Crippen LogP contribution in [0.2, 0.25) is 0 Å². The molecule has 4 rings (SSSR count). The number of aryl methyl sites for hydroxylation is 1. The van der Waals surface area contributed by atoms with Gasteiger partial charge in [0.15, 0.2) is 5.13 Å². The molecule has 1 saturated heterocycles. The van der Waals surface area contributed by atoms with Crippen LogP contribution < -0.4 is 4.90 Å². The van der Waals surface area contributed by atoms with Crippen LogP contribution in [0.4, 0.5) is 18.3 Å². The van der Waals surface area contributed by atoms with E-state index in [-0.39, 0.29) is 11.5 Å². The summed E-state index contributed by atoms with van der Waals surface area (Å²) in [4.78, 5) is 21.2. The molecule has 28 heavy (non-hydrogen) atoms. The molecule has 2 heterocycles. The van der Waals surface area contributed by atoms with Crippen LogP contribution in [0.25, 0.3) is 10.2 Å². The minimum absolute atomic E-state index is 0.242. The van der Waals surface area contributed by atoms with E-state index >= 15 is 0 Å². The van der Waals surface area contributed by atoms with Gasteiger partial charge >= 0.3 is 6.18 Å². The Morgan fingerprint density at radius 1 is 1.04 bits per heavy atom. The molecule has 0 unspecified atom stereocenters. The molecule has 8 heteroatoms. The lowest BCUT2D eigenvalue weighted by Crippen LogP contribution is -2.48. The van der Waals surface area contributed by atoms with Crippen LogP contribution in [-0.4, -0.2) is 42.0 Å². The number of amides is 1. The highest BCUT2D eigenvalue weighted by molar-refractivity contribution is 7.22. The molecule has 3 aromatic rings. The van der Waals surface area contributed by atoms with Crippen LogP contribution in [0, 0.1) is 6.92 Å². The number of aromatic nitrogens is 1. The van der Waals surface area contributed by atoms with E-state index in [9.17, 15) is 18.0 Å². The van der Waals surface area contributed by atoms with Gasteiger partial charge in [0.25, 0.3) is 5.91 Å². The van der Waals surface area contributed by atoms with Gasteiger partial charge in [0.05, 0.1) is 15.8 Å². The molecule has 1 aliphatic rings. The summed E-state index contributed by atoms with van der Waals surface area (Å²) in [7, 11) is 0. The molecule has 0 saturated carbocycles. The lowest BCUT2D eigenvalue weighted by molar-refractivity contribution is -0.137. The van der Waals surface area contributed by atoms with E-state index < -0.39 is 11.7 Å². The lowest BCUT2D eigenvalue weighted by Gasteiger charge is -2.34. The Kier molecular flexibility index (Phi) is 4.74. The van der Waals surface area contributed by atoms with Crippen LogP contribution in [0.15, 0.2) is 42.5 Å². The summed E-state index contributed by atoms with van der Waals surface area (Å²) in [6.07, 6.45) is -4.40. The molecule has 1 fully saturated rings.